The third-order valence-electron chi connectivity index (χ3n) is 3.79. The summed E-state index contributed by atoms with van der Waals surface area (Å²) in [5.74, 6) is -0.611. The molecule has 0 bridgehead atoms. The summed E-state index contributed by atoms with van der Waals surface area (Å²) in [6.45, 7) is 5.15. The molecule has 0 aliphatic rings. The average molecular weight is 474 g/mol. The number of nitrogens with zero attached hydrogens (tertiary/aromatic N) is 1. The summed E-state index contributed by atoms with van der Waals surface area (Å²) in [6, 6.07) is 9.63. The number of hydrogen-bond donors (Lipinski definition) is 2. The van der Waals surface area contributed by atoms with E-state index < -0.39 is 31.5 Å². The van der Waals surface area contributed by atoms with E-state index in [1.165, 1.54) is 56.6 Å². The molecular weight excluding hydrogens is 450 g/mol. The van der Waals surface area contributed by atoms with E-state index in [-0.39, 0.29) is 26.1 Å². The van der Waals surface area contributed by atoms with E-state index in [1.54, 1.807) is 20.8 Å². The first-order valence-electron chi connectivity index (χ1n) is 8.81. The maximum atomic E-state index is 12.6. The van der Waals surface area contributed by atoms with Crippen LogP contribution in [0.2, 0.25) is 5.02 Å². The van der Waals surface area contributed by atoms with Crippen LogP contribution in [0.1, 0.15) is 31.1 Å². The van der Waals surface area contributed by atoms with Gasteiger partial charge in [0.25, 0.3) is 5.91 Å². The largest absolute Gasteiger partial charge is 0.322 e. The molecule has 0 atom stereocenters. The summed E-state index contributed by atoms with van der Waals surface area (Å²) in [5.41, 5.74) is -0.375. The van der Waals surface area contributed by atoms with Gasteiger partial charge in [0.1, 0.15) is 4.90 Å². The standard InChI is InChI=1S/C19H24ClN3O5S2/c1-19(2,3)22-29(25,26)15-8-6-7-14(12-15)21-18(24)13-9-10-16(20)17(11-13)30(27,28)23(4)5/h6-12,22H,1-5H3,(H,21,24). The van der Waals surface area contributed by atoms with E-state index >= 15 is 0 Å². The molecule has 1 amide bonds. The van der Waals surface area contributed by atoms with Crippen molar-refractivity contribution in [2.75, 3.05) is 19.4 Å². The zero-order chi connectivity index (χ0) is 22.9. The minimum absolute atomic E-state index is 0.0118. The van der Waals surface area contributed by atoms with Crippen molar-refractivity contribution in [3.63, 3.8) is 0 Å². The van der Waals surface area contributed by atoms with Gasteiger partial charge in [-0.1, -0.05) is 17.7 Å². The highest BCUT2D eigenvalue weighted by Gasteiger charge is 2.24. The number of amides is 1. The number of hydrogen-bond acceptors (Lipinski definition) is 5. The van der Waals surface area contributed by atoms with Gasteiger partial charge >= 0.3 is 0 Å². The molecule has 0 fully saturated rings. The van der Waals surface area contributed by atoms with Crippen LogP contribution in [-0.2, 0) is 20.0 Å². The summed E-state index contributed by atoms with van der Waals surface area (Å²) in [4.78, 5) is 12.4. The van der Waals surface area contributed by atoms with Crippen molar-refractivity contribution >= 4 is 43.2 Å². The van der Waals surface area contributed by atoms with E-state index in [1.807, 2.05) is 0 Å². The summed E-state index contributed by atoms with van der Waals surface area (Å²) >= 11 is 6.00. The predicted molar refractivity (Wildman–Crippen MR) is 117 cm³/mol. The second kappa shape index (κ2) is 8.64. The molecule has 8 nitrogen and oxygen atoms in total. The summed E-state index contributed by atoms with van der Waals surface area (Å²) in [7, 11) is -4.92. The molecule has 0 spiro atoms. The lowest BCUT2D eigenvalue weighted by Gasteiger charge is -2.20. The molecule has 0 aliphatic heterocycles. The molecule has 2 aromatic carbocycles. The SMILES string of the molecule is CN(C)S(=O)(=O)c1cc(C(=O)Nc2cccc(S(=O)(=O)NC(C)(C)C)c2)ccc1Cl. The molecule has 11 heteroatoms. The van der Waals surface area contributed by atoms with Crippen LogP contribution in [-0.4, -0.2) is 46.7 Å². The highest BCUT2D eigenvalue weighted by molar-refractivity contribution is 7.89. The Labute approximate surface area is 182 Å². The van der Waals surface area contributed by atoms with Gasteiger partial charge in [0.2, 0.25) is 20.0 Å². The molecule has 0 saturated heterocycles. The number of carbonyl (C=O) groups excluding carboxylic acids is 1. The summed E-state index contributed by atoms with van der Waals surface area (Å²) in [5, 5.41) is 2.57. The molecule has 0 unspecified atom stereocenters. The van der Waals surface area contributed by atoms with Crippen LogP contribution in [0, 0.1) is 0 Å². The fourth-order valence-corrected chi connectivity index (χ4v) is 5.30. The number of halogens is 1. The van der Waals surface area contributed by atoms with Crippen molar-refractivity contribution in [3.8, 4) is 0 Å². The van der Waals surface area contributed by atoms with Gasteiger partial charge in [-0.3, -0.25) is 4.79 Å². The number of rotatable bonds is 6. The quantitative estimate of drug-likeness (QED) is 0.669. The van der Waals surface area contributed by atoms with Crippen LogP contribution >= 0.6 is 11.6 Å². The van der Waals surface area contributed by atoms with Crippen molar-refractivity contribution < 1.29 is 21.6 Å². The van der Waals surface area contributed by atoms with Gasteiger partial charge in [-0.15, -0.1) is 0 Å². The van der Waals surface area contributed by atoms with Crippen LogP contribution in [0.4, 0.5) is 5.69 Å². The van der Waals surface area contributed by atoms with Crippen LogP contribution < -0.4 is 10.0 Å². The third kappa shape index (κ3) is 5.79. The third-order valence-corrected chi connectivity index (χ3v) is 7.85. The molecule has 0 aliphatic carbocycles. The van der Waals surface area contributed by atoms with E-state index in [4.69, 9.17) is 11.6 Å². The maximum absolute atomic E-state index is 12.6. The first-order valence-corrected chi connectivity index (χ1v) is 12.1. The molecule has 0 heterocycles. The van der Waals surface area contributed by atoms with Crippen molar-refractivity contribution in [2.45, 2.75) is 36.1 Å². The minimum atomic E-state index is -3.85. The smallest absolute Gasteiger partial charge is 0.255 e. The lowest BCUT2D eigenvalue weighted by Crippen LogP contribution is -2.40. The normalized spacial score (nSPS) is 12.8. The summed E-state index contributed by atoms with van der Waals surface area (Å²) < 4.78 is 53.3. The van der Waals surface area contributed by atoms with Crippen molar-refractivity contribution in [1.29, 1.82) is 0 Å². The highest BCUT2D eigenvalue weighted by Crippen LogP contribution is 2.25. The van der Waals surface area contributed by atoms with Gasteiger partial charge in [-0.05, 0) is 57.2 Å². The fraction of sp³-hybridized carbons (Fsp3) is 0.316. The van der Waals surface area contributed by atoms with Gasteiger partial charge in [0.05, 0.1) is 9.92 Å². The van der Waals surface area contributed by atoms with Crippen LogP contribution in [0.3, 0.4) is 0 Å². The number of anilines is 1. The topological polar surface area (TPSA) is 113 Å². The Morgan fingerprint density at radius 2 is 1.63 bits per heavy atom. The van der Waals surface area contributed by atoms with Crippen LogP contribution in [0.5, 0.6) is 0 Å². The van der Waals surface area contributed by atoms with Crippen LogP contribution in [0.15, 0.2) is 52.3 Å². The monoisotopic (exact) mass is 473 g/mol. The van der Waals surface area contributed by atoms with Gasteiger partial charge in [0.15, 0.2) is 0 Å². The van der Waals surface area contributed by atoms with E-state index in [2.05, 4.69) is 10.0 Å². The second-order valence-corrected chi connectivity index (χ2v) is 12.0. The highest BCUT2D eigenvalue weighted by atomic mass is 35.5. The van der Waals surface area contributed by atoms with Gasteiger partial charge in [0, 0.05) is 30.9 Å². The predicted octanol–water partition coefficient (Wildman–Crippen LogP) is 2.92. The minimum Gasteiger partial charge on any atom is -0.322 e. The molecule has 2 N–H and O–H groups in total. The Morgan fingerprint density at radius 1 is 1.00 bits per heavy atom. The summed E-state index contributed by atoms with van der Waals surface area (Å²) in [6.07, 6.45) is 0. The number of sulfonamides is 2. The Kier molecular flexibility index (Phi) is 6.99. The van der Waals surface area contributed by atoms with Crippen LogP contribution in [0.25, 0.3) is 0 Å². The van der Waals surface area contributed by atoms with E-state index in [9.17, 15) is 21.6 Å². The Hall–Kier alpha value is -1.98. The molecule has 0 radical (unpaired) electrons. The lowest BCUT2D eigenvalue weighted by atomic mass is 10.1. The Balaban J connectivity index is 2.34. The van der Waals surface area contributed by atoms with Gasteiger partial charge in [-0.25, -0.2) is 25.9 Å². The zero-order valence-corrected chi connectivity index (χ0v) is 19.6. The van der Waals surface area contributed by atoms with Gasteiger partial charge < -0.3 is 5.32 Å². The number of nitrogens with one attached hydrogen (secondary N) is 2. The van der Waals surface area contributed by atoms with Gasteiger partial charge in [-0.2, -0.15) is 0 Å². The number of carbonyl (C=O) groups is 1. The van der Waals surface area contributed by atoms with Crippen molar-refractivity contribution in [3.05, 3.63) is 53.1 Å². The molecule has 2 rings (SSSR count). The molecule has 0 saturated carbocycles. The Bertz CT molecular complexity index is 1170. The first kappa shape index (κ1) is 24.3. The first-order chi connectivity index (χ1) is 13.6. The molecular formula is C19H24ClN3O5S2. The number of benzene rings is 2. The zero-order valence-electron chi connectivity index (χ0n) is 17.2. The fourth-order valence-electron chi connectivity index (χ4n) is 2.45. The van der Waals surface area contributed by atoms with E-state index in [0.717, 1.165) is 4.31 Å². The maximum Gasteiger partial charge on any atom is 0.255 e. The average Bonchev–Trinajstić information content (AvgIpc) is 2.60. The Morgan fingerprint density at radius 3 is 2.20 bits per heavy atom. The molecule has 0 aromatic heterocycles. The lowest BCUT2D eigenvalue weighted by molar-refractivity contribution is 0.102. The van der Waals surface area contributed by atoms with Crippen molar-refractivity contribution in [2.24, 2.45) is 0 Å². The molecule has 164 valence electrons. The van der Waals surface area contributed by atoms with E-state index in [0.29, 0.717) is 0 Å². The van der Waals surface area contributed by atoms with Crippen molar-refractivity contribution in [1.82, 2.24) is 9.03 Å². The molecule has 30 heavy (non-hydrogen) atoms. The molecule has 2 aromatic rings. The second-order valence-electron chi connectivity index (χ2n) is 7.77.